The highest BCUT2D eigenvalue weighted by Crippen LogP contribution is 2.15. The lowest BCUT2D eigenvalue weighted by Crippen LogP contribution is -2.40. The second-order valence-corrected chi connectivity index (χ2v) is 6.64. The molecule has 154 valence electrons. The number of hydrogen-bond donors (Lipinski definition) is 2. The third-order valence-electron chi connectivity index (χ3n) is 4.46. The summed E-state index contributed by atoms with van der Waals surface area (Å²) >= 11 is 0. The first-order valence-corrected chi connectivity index (χ1v) is 9.37. The van der Waals surface area contributed by atoms with Crippen molar-refractivity contribution in [1.29, 1.82) is 0 Å². The number of aliphatic carboxylic acids is 1. The number of ether oxygens (including phenoxy) is 1. The second-order valence-electron chi connectivity index (χ2n) is 6.64. The number of carboxylic acid groups (broad SMARTS) is 1. The van der Waals surface area contributed by atoms with E-state index in [2.05, 4.69) is 10.4 Å². The van der Waals surface area contributed by atoms with Gasteiger partial charge in [0.1, 0.15) is 5.69 Å². The zero-order valence-electron chi connectivity index (χ0n) is 16.1. The van der Waals surface area contributed by atoms with Gasteiger partial charge in [0.2, 0.25) is 0 Å². The van der Waals surface area contributed by atoms with E-state index < -0.39 is 17.8 Å². The Balaban J connectivity index is 1.88. The predicted octanol–water partition coefficient (Wildman–Crippen LogP) is 0.523. The predicted molar refractivity (Wildman–Crippen MR) is 97.7 cm³/mol. The largest absolute Gasteiger partial charge is 0.481 e. The highest BCUT2D eigenvalue weighted by molar-refractivity contribution is 5.98. The van der Waals surface area contributed by atoms with E-state index in [4.69, 9.17) is 9.84 Å². The lowest BCUT2D eigenvalue weighted by molar-refractivity contribution is -0.143. The van der Waals surface area contributed by atoms with Gasteiger partial charge in [-0.3, -0.25) is 23.9 Å². The maximum Gasteiger partial charge on any atom is 0.308 e. The van der Waals surface area contributed by atoms with Crippen molar-refractivity contribution in [3.8, 4) is 0 Å². The Bertz CT molecular complexity index is 744. The molecular weight excluding hydrogens is 368 g/mol. The van der Waals surface area contributed by atoms with E-state index in [1.807, 2.05) is 0 Å². The molecule has 0 fully saturated rings. The summed E-state index contributed by atoms with van der Waals surface area (Å²) in [6.07, 6.45) is 1.64. The van der Waals surface area contributed by atoms with Gasteiger partial charge in [0, 0.05) is 32.1 Å². The molecule has 10 nitrogen and oxygen atoms in total. The number of nitrogens with one attached hydrogen (secondary N) is 1. The first-order chi connectivity index (χ1) is 13.3. The Morgan fingerprint density at radius 1 is 1.32 bits per heavy atom. The van der Waals surface area contributed by atoms with Crippen LogP contribution in [0.5, 0.6) is 0 Å². The van der Waals surface area contributed by atoms with Crippen molar-refractivity contribution in [1.82, 2.24) is 20.0 Å². The molecule has 0 aliphatic carbocycles. The van der Waals surface area contributed by atoms with Crippen molar-refractivity contribution >= 4 is 23.8 Å². The van der Waals surface area contributed by atoms with Crippen LogP contribution in [0.2, 0.25) is 0 Å². The normalized spacial score (nSPS) is 14.4. The standard InChI is InChI=1S/C18H26N4O6/c1-3-28-15(23)6-4-5-7-21-8-9-22-14(17(21)25)10-13(20-22)16(24)19-11-12(2)18(26)27/h10,12H,3-9,11H2,1-2H3,(H,19,24)(H,26,27)/t12-/m0/s1. The second kappa shape index (κ2) is 9.86. The van der Waals surface area contributed by atoms with Gasteiger partial charge in [-0.1, -0.05) is 6.92 Å². The molecule has 0 saturated carbocycles. The number of carboxylic acids is 1. The molecule has 0 unspecified atom stereocenters. The zero-order valence-corrected chi connectivity index (χ0v) is 16.1. The Kier molecular flexibility index (Phi) is 7.53. The minimum Gasteiger partial charge on any atom is -0.481 e. The van der Waals surface area contributed by atoms with E-state index in [1.54, 1.807) is 11.8 Å². The lowest BCUT2D eigenvalue weighted by atomic mass is 10.2. The van der Waals surface area contributed by atoms with Crippen molar-refractivity contribution in [3.63, 3.8) is 0 Å². The van der Waals surface area contributed by atoms with Crippen LogP contribution < -0.4 is 5.32 Å². The molecule has 1 aliphatic rings. The number of amides is 2. The van der Waals surface area contributed by atoms with Crippen LogP contribution in [0.3, 0.4) is 0 Å². The molecule has 0 spiro atoms. The highest BCUT2D eigenvalue weighted by atomic mass is 16.5. The quantitative estimate of drug-likeness (QED) is 0.437. The van der Waals surface area contributed by atoms with Crippen molar-refractivity contribution in [2.45, 2.75) is 39.7 Å². The minimum absolute atomic E-state index is 0.0170. The van der Waals surface area contributed by atoms with E-state index in [0.29, 0.717) is 51.2 Å². The van der Waals surface area contributed by atoms with Crippen molar-refractivity contribution < 1.29 is 29.0 Å². The Morgan fingerprint density at radius 3 is 2.75 bits per heavy atom. The summed E-state index contributed by atoms with van der Waals surface area (Å²) in [5.74, 6) is -2.68. The fraction of sp³-hybridized carbons (Fsp3) is 0.611. The molecule has 0 bridgehead atoms. The molecule has 2 amide bonds. The molecule has 1 aliphatic heterocycles. The van der Waals surface area contributed by atoms with E-state index in [0.717, 1.165) is 0 Å². The molecule has 2 N–H and O–H groups in total. The average molecular weight is 394 g/mol. The smallest absolute Gasteiger partial charge is 0.308 e. The first-order valence-electron chi connectivity index (χ1n) is 9.37. The van der Waals surface area contributed by atoms with Gasteiger partial charge in [-0.05, 0) is 19.8 Å². The van der Waals surface area contributed by atoms with E-state index in [1.165, 1.54) is 17.7 Å². The number of fused-ring (bicyclic) bond motifs is 1. The van der Waals surface area contributed by atoms with Gasteiger partial charge in [0.15, 0.2) is 5.69 Å². The SMILES string of the molecule is CCOC(=O)CCCCN1CCn2nc(C(=O)NC[C@H](C)C(=O)O)cc2C1=O. The van der Waals surface area contributed by atoms with E-state index in [9.17, 15) is 19.2 Å². The number of rotatable bonds is 10. The summed E-state index contributed by atoms with van der Waals surface area (Å²) < 4.78 is 6.37. The van der Waals surface area contributed by atoms with Crippen LogP contribution in [0, 0.1) is 5.92 Å². The zero-order chi connectivity index (χ0) is 20.7. The summed E-state index contributed by atoms with van der Waals surface area (Å²) in [6.45, 7) is 5.05. The molecule has 2 heterocycles. The third kappa shape index (κ3) is 5.54. The number of carbonyl (C=O) groups excluding carboxylic acids is 3. The van der Waals surface area contributed by atoms with Crippen LogP contribution in [-0.2, 0) is 20.9 Å². The summed E-state index contributed by atoms with van der Waals surface area (Å²) in [7, 11) is 0. The molecule has 2 rings (SSSR count). The molecule has 0 saturated heterocycles. The van der Waals surface area contributed by atoms with Crippen LogP contribution >= 0.6 is 0 Å². The molecular formula is C18H26N4O6. The molecule has 1 aromatic heterocycles. The Morgan fingerprint density at radius 2 is 2.07 bits per heavy atom. The van der Waals surface area contributed by atoms with Crippen LogP contribution in [0.1, 0.15) is 54.1 Å². The lowest BCUT2D eigenvalue weighted by Gasteiger charge is -2.27. The maximum absolute atomic E-state index is 12.6. The number of unbranched alkanes of at least 4 members (excludes halogenated alkanes) is 1. The number of nitrogens with zero attached hydrogens (tertiary/aromatic N) is 3. The van der Waals surface area contributed by atoms with E-state index in [-0.39, 0.29) is 24.1 Å². The molecule has 10 heteroatoms. The van der Waals surface area contributed by atoms with Gasteiger partial charge < -0.3 is 20.1 Å². The third-order valence-corrected chi connectivity index (χ3v) is 4.46. The average Bonchev–Trinajstić information content (AvgIpc) is 3.10. The van der Waals surface area contributed by atoms with Gasteiger partial charge in [-0.25, -0.2) is 0 Å². The number of esters is 1. The van der Waals surface area contributed by atoms with Gasteiger partial charge in [0.25, 0.3) is 11.8 Å². The summed E-state index contributed by atoms with van der Waals surface area (Å²) in [5.41, 5.74) is 0.415. The van der Waals surface area contributed by atoms with Crippen molar-refractivity contribution in [2.24, 2.45) is 5.92 Å². The number of hydrogen-bond acceptors (Lipinski definition) is 6. The number of aromatic nitrogens is 2. The molecule has 28 heavy (non-hydrogen) atoms. The van der Waals surface area contributed by atoms with Crippen molar-refractivity contribution in [3.05, 3.63) is 17.5 Å². The van der Waals surface area contributed by atoms with Crippen LogP contribution in [-0.4, -0.2) is 69.8 Å². The molecule has 0 radical (unpaired) electrons. The summed E-state index contributed by atoms with van der Waals surface area (Å²) in [5, 5.41) is 15.5. The molecule has 0 aromatic carbocycles. The van der Waals surface area contributed by atoms with Gasteiger partial charge in [0.05, 0.1) is 19.1 Å². The first kappa shape index (κ1) is 21.4. The van der Waals surface area contributed by atoms with E-state index >= 15 is 0 Å². The van der Waals surface area contributed by atoms with Crippen LogP contribution in [0.4, 0.5) is 0 Å². The Labute approximate surface area is 162 Å². The minimum atomic E-state index is -1.00. The van der Waals surface area contributed by atoms with Crippen LogP contribution in [0.15, 0.2) is 6.07 Å². The molecule has 1 atom stereocenters. The van der Waals surface area contributed by atoms with Crippen molar-refractivity contribution in [2.75, 3.05) is 26.2 Å². The monoisotopic (exact) mass is 394 g/mol. The maximum atomic E-state index is 12.6. The summed E-state index contributed by atoms with van der Waals surface area (Å²) in [6, 6.07) is 1.42. The summed E-state index contributed by atoms with van der Waals surface area (Å²) in [4.78, 5) is 48.6. The van der Waals surface area contributed by atoms with Crippen LogP contribution in [0.25, 0.3) is 0 Å². The fourth-order valence-electron chi connectivity index (χ4n) is 2.79. The number of carbonyl (C=O) groups is 4. The fourth-order valence-corrected chi connectivity index (χ4v) is 2.79. The topological polar surface area (TPSA) is 131 Å². The Hall–Kier alpha value is -2.91. The van der Waals surface area contributed by atoms with Gasteiger partial charge in [-0.2, -0.15) is 5.10 Å². The highest BCUT2D eigenvalue weighted by Gasteiger charge is 2.27. The molecule has 1 aromatic rings. The van der Waals surface area contributed by atoms with Gasteiger partial charge in [-0.15, -0.1) is 0 Å². The van der Waals surface area contributed by atoms with Gasteiger partial charge >= 0.3 is 11.9 Å².